The van der Waals surface area contributed by atoms with Crippen LogP contribution in [0, 0.1) is 12.7 Å². The Morgan fingerprint density at radius 1 is 1.45 bits per heavy atom. The summed E-state index contributed by atoms with van der Waals surface area (Å²) in [4.78, 5) is 0. The summed E-state index contributed by atoms with van der Waals surface area (Å²) in [6, 6.07) is 2.96. The van der Waals surface area contributed by atoms with Crippen LogP contribution in [-0.4, -0.2) is 0 Å². The number of benzene rings is 1. The molecule has 0 aliphatic carbocycles. The van der Waals surface area contributed by atoms with Gasteiger partial charge in [-0.2, -0.15) is 0 Å². The molecule has 0 spiro atoms. The molecule has 11 heavy (non-hydrogen) atoms. The van der Waals surface area contributed by atoms with Crippen LogP contribution in [0.2, 0.25) is 5.02 Å². The minimum atomic E-state index is -0.298. The maximum atomic E-state index is 12.9. The highest BCUT2D eigenvalue weighted by Crippen LogP contribution is 2.20. The van der Waals surface area contributed by atoms with E-state index in [0.29, 0.717) is 16.5 Å². The molecule has 0 fully saturated rings. The Hall–Kier alpha value is -0.270. The van der Waals surface area contributed by atoms with Crippen LogP contribution in [0.4, 0.5) is 4.39 Å². The molecule has 0 N–H and O–H groups in total. The molecule has 0 saturated carbocycles. The fourth-order valence-corrected chi connectivity index (χ4v) is 1.34. The van der Waals surface area contributed by atoms with Crippen molar-refractivity contribution in [2.45, 2.75) is 12.8 Å². The normalized spacial score (nSPS) is 10.2. The molecule has 0 unspecified atom stereocenters. The molecule has 1 aromatic carbocycles. The van der Waals surface area contributed by atoms with E-state index >= 15 is 0 Å². The topological polar surface area (TPSA) is 0 Å². The van der Waals surface area contributed by atoms with Crippen LogP contribution in [-0.2, 0) is 5.88 Å². The zero-order chi connectivity index (χ0) is 8.43. The van der Waals surface area contributed by atoms with Crippen molar-refractivity contribution in [3.05, 3.63) is 34.1 Å². The van der Waals surface area contributed by atoms with Gasteiger partial charge >= 0.3 is 0 Å². The Labute approximate surface area is 74.9 Å². The van der Waals surface area contributed by atoms with Gasteiger partial charge in [0.05, 0.1) is 0 Å². The third kappa shape index (κ3) is 1.85. The molecular weight excluding hydrogens is 186 g/mol. The smallest absolute Gasteiger partial charge is 0.127 e. The summed E-state index contributed by atoms with van der Waals surface area (Å²) in [5.74, 6) is -0.00306. The second kappa shape index (κ2) is 3.42. The summed E-state index contributed by atoms with van der Waals surface area (Å²) in [7, 11) is 0. The van der Waals surface area contributed by atoms with Gasteiger partial charge in [-0.1, -0.05) is 11.6 Å². The van der Waals surface area contributed by atoms with Crippen LogP contribution in [0.3, 0.4) is 0 Å². The summed E-state index contributed by atoms with van der Waals surface area (Å²) < 4.78 is 12.9. The fraction of sp³-hybridized carbons (Fsp3) is 0.250. The van der Waals surface area contributed by atoms with Crippen LogP contribution in [0.1, 0.15) is 11.1 Å². The predicted molar refractivity (Wildman–Crippen MR) is 45.7 cm³/mol. The number of rotatable bonds is 1. The average Bonchev–Trinajstić information content (AvgIpc) is 1.96. The van der Waals surface area contributed by atoms with Gasteiger partial charge < -0.3 is 0 Å². The van der Waals surface area contributed by atoms with E-state index in [-0.39, 0.29) is 5.82 Å². The second-order valence-electron chi connectivity index (χ2n) is 2.31. The standard InChI is InChI=1S/C8H7Cl2F/c1-5-6(4-9)2-7(10)3-8(5)11/h2-3H,4H2,1H3. The van der Waals surface area contributed by atoms with Gasteiger partial charge in [0.1, 0.15) is 5.82 Å². The van der Waals surface area contributed by atoms with E-state index in [2.05, 4.69) is 0 Å². The Morgan fingerprint density at radius 2 is 2.09 bits per heavy atom. The van der Waals surface area contributed by atoms with Gasteiger partial charge in [-0.25, -0.2) is 4.39 Å². The minimum Gasteiger partial charge on any atom is -0.207 e. The molecule has 0 aliphatic rings. The first kappa shape index (κ1) is 8.82. The maximum Gasteiger partial charge on any atom is 0.127 e. The highest BCUT2D eigenvalue weighted by atomic mass is 35.5. The highest BCUT2D eigenvalue weighted by molar-refractivity contribution is 6.30. The number of alkyl halides is 1. The van der Waals surface area contributed by atoms with E-state index < -0.39 is 0 Å². The molecule has 3 heteroatoms. The summed E-state index contributed by atoms with van der Waals surface area (Å²) in [6.45, 7) is 1.68. The lowest BCUT2D eigenvalue weighted by atomic mass is 10.1. The number of hydrogen-bond donors (Lipinski definition) is 0. The van der Waals surface area contributed by atoms with Gasteiger partial charge in [0.2, 0.25) is 0 Å². The van der Waals surface area contributed by atoms with Crippen molar-refractivity contribution in [3.63, 3.8) is 0 Å². The van der Waals surface area contributed by atoms with Gasteiger partial charge in [-0.15, -0.1) is 11.6 Å². The molecule has 0 heterocycles. The predicted octanol–water partition coefficient (Wildman–Crippen LogP) is 3.53. The molecule has 0 amide bonds. The lowest BCUT2D eigenvalue weighted by Gasteiger charge is -2.02. The van der Waals surface area contributed by atoms with E-state index in [1.165, 1.54) is 6.07 Å². The van der Waals surface area contributed by atoms with E-state index in [1.54, 1.807) is 13.0 Å². The lowest BCUT2D eigenvalue weighted by molar-refractivity contribution is 0.616. The molecule has 1 rings (SSSR count). The first-order valence-electron chi connectivity index (χ1n) is 3.15. The third-order valence-electron chi connectivity index (χ3n) is 1.56. The van der Waals surface area contributed by atoms with Crippen molar-refractivity contribution in [2.24, 2.45) is 0 Å². The van der Waals surface area contributed by atoms with Crippen LogP contribution in [0.5, 0.6) is 0 Å². The van der Waals surface area contributed by atoms with Gasteiger partial charge in [-0.05, 0) is 30.2 Å². The monoisotopic (exact) mass is 192 g/mol. The molecule has 0 atom stereocenters. The van der Waals surface area contributed by atoms with Gasteiger partial charge in [0.25, 0.3) is 0 Å². The summed E-state index contributed by atoms with van der Waals surface area (Å²) in [5, 5.41) is 0.392. The van der Waals surface area contributed by atoms with Crippen LogP contribution in [0.25, 0.3) is 0 Å². The molecular formula is C8H7Cl2F. The average molecular weight is 193 g/mol. The fourth-order valence-electron chi connectivity index (χ4n) is 0.838. The van der Waals surface area contributed by atoms with Crippen molar-refractivity contribution < 1.29 is 4.39 Å². The minimum absolute atomic E-state index is 0.295. The molecule has 1 aromatic rings. The summed E-state index contributed by atoms with van der Waals surface area (Å²) in [6.07, 6.45) is 0. The Kier molecular flexibility index (Phi) is 2.74. The van der Waals surface area contributed by atoms with Crippen LogP contribution < -0.4 is 0 Å². The van der Waals surface area contributed by atoms with Crippen molar-refractivity contribution >= 4 is 23.2 Å². The Balaban J connectivity index is 3.24. The number of hydrogen-bond acceptors (Lipinski definition) is 0. The van der Waals surface area contributed by atoms with E-state index in [4.69, 9.17) is 23.2 Å². The lowest BCUT2D eigenvalue weighted by Crippen LogP contribution is -1.89. The van der Waals surface area contributed by atoms with Gasteiger partial charge in [0, 0.05) is 10.9 Å². The van der Waals surface area contributed by atoms with E-state index in [0.717, 1.165) is 5.56 Å². The Bertz CT molecular complexity index is 271. The first-order valence-corrected chi connectivity index (χ1v) is 4.07. The summed E-state index contributed by atoms with van der Waals surface area (Å²) in [5.41, 5.74) is 1.32. The zero-order valence-corrected chi connectivity index (χ0v) is 7.51. The summed E-state index contributed by atoms with van der Waals surface area (Å²) >= 11 is 11.2. The molecule has 60 valence electrons. The van der Waals surface area contributed by atoms with Gasteiger partial charge in [-0.3, -0.25) is 0 Å². The van der Waals surface area contributed by atoms with E-state index in [9.17, 15) is 4.39 Å². The molecule has 0 aliphatic heterocycles. The zero-order valence-electron chi connectivity index (χ0n) is 6.00. The number of halogens is 3. The van der Waals surface area contributed by atoms with Crippen molar-refractivity contribution in [3.8, 4) is 0 Å². The maximum absolute atomic E-state index is 12.9. The first-order chi connectivity index (χ1) is 5.15. The molecule has 0 radical (unpaired) electrons. The van der Waals surface area contributed by atoms with Crippen LogP contribution >= 0.6 is 23.2 Å². The largest absolute Gasteiger partial charge is 0.207 e. The van der Waals surface area contributed by atoms with E-state index in [1.807, 2.05) is 0 Å². The molecule has 0 saturated heterocycles. The van der Waals surface area contributed by atoms with Crippen LogP contribution in [0.15, 0.2) is 12.1 Å². The molecule has 0 nitrogen and oxygen atoms in total. The molecule has 0 aromatic heterocycles. The second-order valence-corrected chi connectivity index (χ2v) is 3.01. The van der Waals surface area contributed by atoms with Crippen molar-refractivity contribution in [2.75, 3.05) is 0 Å². The molecule has 0 bridgehead atoms. The SMILES string of the molecule is Cc1c(F)cc(Cl)cc1CCl. The van der Waals surface area contributed by atoms with Crippen molar-refractivity contribution in [1.29, 1.82) is 0 Å². The van der Waals surface area contributed by atoms with Crippen molar-refractivity contribution in [1.82, 2.24) is 0 Å². The highest BCUT2D eigenvalue weighted by Gasteiger charge is 2.04. The third-order valence-corrected chi connectivity index (χ3v) is 2.07. The van der Waals surface area contributed by atoms with Gasteiger partial charge in [0.15, 0.2) is 0 Å². The Morgan fingerprint density at radius 3 is 2.64 bits per heavy atom. The quantitative estimate of drug-likeness (QED) is 0.598.